The average Bonchev–Trinajstić information content (AvgIpc) is 1.82. The Hall–Kier alpha value is 0.980. The Morgan fingerprint density at radius 3 is 1.91 bits per heavy atom. The van der Waals surface area contributed by atoms with Gasteiger partial charge >= 0.3 is 29.6 Å². The molecule has 4 heteroatoms. The molecule has 0 unspecified atom stereocenters. The van der Waals surface area contributed by atoms with Gasteiger partial charge in [-0.2, -0.15) is 0 Å². The Morgan fingerprint density at radius 1 is 1.18 bits per heavy atom. The molecule has 0 aromatic heterocycles. The third-order valence-corrected chi connectivity index (χ3v) is 2.32. The molecule has 0 aliphatic heterocycles. The van der Waals surface area contributed by atoms with Crippen LogP contribution in [0.5, 0.6) is 5.75 Å². The molecule has 0 aliphatic carbocycles. The summed E-state index contributed by atoms with van der Waals surface area (Å²) in [4.78, 5) is 0. The summed E-state index contributed by atoms with van der Waals surface area (Å²) < 4.78 is 1.22. The van der Waals surface area contributed by atoms with Gasteiger partial charge in [-0.25, -0.2) is 0 Å². The monoisotopic (exact) mass is 286 g/mol. The van der Waals surface area contributed by atoms with Crippen LogP contribution in [-0.2, 0) is 0 Å². The summed E-state index contributed by atoms with van der Waals surface area (Å²) in [6.07, 6.45) is 0. The van der Waals surface area contributed by atoms with Gasteiger partial charge in [0.05, 0.1) is 0 Å². The second-order valence-electron chi connectivity index (χ2n) is 2.06. The maximum absolute atomic E-state index is 11.0. The molecule has 1 rings (SSSR count). The van der Waals surface area contributed by atoms with Crippen molar-refractivity contribution in [2.45, 2.75) is 6.92 Å². The zero-order chi connectivity index (χ0) is 7.72. The van der Waals surface area contributed by atoms with Crippen LogP contribution in [0.2, 0.25) is 0 Å². The van der Waals surface area contributed by atoms with E-state index in [9.17, 15) is 5.11 Å². The van der Waals surface area contributed by atoms with E-state index in [0.717, 1.165) is 5.56 Å². The fraction of sp³-hybridized carbons (Fsp3) is 0.143. The van der Waals surface area contributed by atoms with Crippen LogP contribution in [0, 0.1) is 6.92 Å². The molecule has 0 spiro atoms. The van der Waals surface area contributed by atoms with E-state index >= 15 is 0 Å². The molecule has 0 N–H and O–H groups in total. The SMILES string of the molecule is Cc1cc(Br)c([O-])c(Br)c1.[Na+]. The van der Waals surface area contributed by atoms with Crippen molar-refractivity contribution in [1.29, 1.82) is 0 Å². The molecule has 0 aliphatic rings. The summed E-state index contributed by atoms with van der Waals surface area (Å²) in [5.74, 6) is 0.00519. The van der Waals surface area contributed by atoms with E-state index in [1.54, 1.807) is 12.1 Å². The fourth-order valence-electron chi connectivity index (χ4n) is 0.687. The maximum atomic E-state index is 11.0. The van der Waals surface area contributed by atoms with E-state index in [0.29, 0.717) is 8.95 Å². The van der Waals surface area contributed by atoms with Crippen LogP contribution < -0.4 is 34.7 Å². The van der Waals surface area contributed by atoms with Crippen molar-refractivity contribution in [1.82, 2.24) is 0 Å². The maximum Gasteiger partial charge on any atom is 1.00 e. The van der Waals surface area contributed by atoms with Crippen LogP contribution >= 0.6 is 31.9 Å². The molecule has 0 fully saturated rings. The smallest absolute Gasteiger partial charge is 0.871 e. The Kier molecular flexibility index (Phi) is 5.31. The van der Waals surface area contributed by atoms with E-state index in [2.05, 4.69) is 31.9 Å². The number of halogens is 2. The second kappa shape index (κ2) is 4.87. The zero-order valence-electron chi connectivity index (χ0n) is 6.32. The topological polar surface area (TPSA) is 23.1 Å². The molecule has 0 saturated carbocycles. The van der Waals surface area contributed by atoms with Crippen LogP contribution in [0.1, 0.15) is 5.56 Å². The van der Waals surface area contributed by atoms with E-state index in [4.69, 9.17) is 0 Å². The van der Waals surface area contributed by atoms with E-state index in [-0.39, 0.29) is 35.3 Å². The number of hydrogen-bond acceptors (Lipinski definition) is 1. The number of aryl methyl sites for hydroxylation is 1. The van der Waals surface area contributed by atoms with Crippen molar-refractivity contribution in [3.63, 3.8) is 0 Å². The van der Waals surface area contributed by atoms with Gasteiger partial charge in [0.25, 0.3) is 0 Å². The first kappa shape index (κ1) is 12.0. The number of hydrogen-bond donors (Lipinski definition) is 0. The average molecular weight is 288 g/mol. The third kappa shape index (κ3) is 3.07. The van der Waals surface area contributed by atoms with Crippen molar-refractivity contribution in [2.75, 3.05) is 0 Å². The molecular weight excluding hydrogens is 283 g/mol. The minimum absolute atomic E-state index is 0. The quantitative estimate of drug-likeness (QED) is 0.596. The van der Waals surface area contributed by atoms with Gasteiger partial charge in [-0.15, -0.1) is 0 Å². The van der Waals surface area contributed by atoms with Crippen molar-refractivity contribution >= 4 is 31.9 Å². The Morgan fingerprint density at radius 2 is 1.55 bits per heavy atom. The van der Waals surface area contributed by atoms with Gasteiger partial charge in [-0.1, -0.05) is 37.6 Å². The third-order valence-electron chi connectivity index (χ3n) is 1.14. The Labute approximate surface area is 105 Å². The Bertz CT molecular complexity index is 240. The molecule has 0 heterocycles. The van der Waals surface area contributed by atoms with Gasteiger partial charge in [0.1, 0.15) is 0 Å². The van der Waals surface area contributed by atoms with Crippen molar-refractivity contribution in [3.05, 3.63) is 26.6 Å². The van der Waals surface area contributed by atoms with Gasteiger partial charge in [0.2, 0.25) is 0 Å². The largest absolute Gasteiger partial charge is 1.00 e. The van der Waals surface area contributed by atoms with Gasteiger partial charge in [0.15, 0.2) is 0 Å². The van der Waals surface area contributed by atoms with E-state index < -0.39 is 0 Å². The molecule has 0 saturated heterocycles. The molecule has 1 nitrogen and oxygen atoms in total. The summed E-state index contributed by atoms with van der Waals surface area (Å²) in [5, 5.41) is 11.0. The normalized spacial score (nSPS) is 9.00. The van der Waals surface area contributed by atoms with Crippen LogP contribution in [0.3, 0.4) is 0 Å². The predicted octanol–water partition coefficient (Wildman–Crippen LogP) is -0.402. The van der Waals surface area contributed by atoms with Gasteiger partial charge < -0.3 is 5.11 Å². The van der Waals surface area contributed by atoms with Crippen molar-refractivity contribution < 1.29 is 34.7 Å². The van der Waals surface area contributed by atoms with Gasteiger partial charge in [0, 0.05) is 8.95 Å². The molecule has 1 aromatic carbocycles. The summed E-state index contributed by atoms with van der Waals surface area (Å²) in [7, 11) is 0. The van der Waals surface area contributed by atoms with Crippen molar-refractivity contribution in [2.24, 2.45) is 0 Å². The fourth-order valence-corrected chi connectivity index (χ4v) is 2.10. The molecule has 54 valence electrons. The first-order valence-electron chi connectivity index (χ1n) is 2.74. The number of benzene rings is 1. The standard InChI is InChI=1S/C7H6Br2O.Na/c1-4-2-5(8)7(10)6(9)3-4;/h2-3,10H,1H3;/q;+1/p-1. The van der Waals surface area contributed by atoms with E-state index in [1.807, 2.05) is 6.92 Å². The molecule has 11 heavy (non-hydrogen) atoms. The molecule has 0 amide bonds. The summed E-state index contributed by atoms with van der Waals surface area (Å²) in [5.41, 5.74) is 1.07. The minimum atomic E-state index is 0. The van der Waals surface area contributed by atoms with Crippen LogP contribution in [-0.4, -0.2) is 0 Å². The molecule has 0 atom stereocenters. The molecule has 0 bridgehead atoms. The zero-order valence-corrected chi connectivity index (χ0v) is 11.5. The first-order chi connectivity index (χ1) is 4.61. The minimum Gasteiger partial charge on any atom is -0.871 e. The summed E-state index contributed by atoms with van der Waals surface area (Å²) in [6.45, 7) is 1.94. The van der Waals surface area contributed by atoms with Crippen molar-refractivity contribution in [3.8, 4) is 5.75 Å². The predicted molar refractivity (Wildman–Crippen MR) is 46.0 cm³/mol. The number of rotatable bonds is 0. The first-order valence-corrected chi connectivity index (χ1v) is 4.32. The molecule has 0 radical (unpaired) electrons. The van der Waals surface area contributed by atoms with Crippen LogP contribution in [0.25, 0.3) is 0 Å². The second-order valence-corrected chi connectivity index (χ2v) is 3.77. The summed E-state index contributed by atoms with van der Waals surface area (Å²) >= 11 is 6.31. The van der Waals surface area contributed by atoms with Crippen LogP contribution in [0.15, 0.2) is 21.1 Å². The molecule has 1 aromatic rings. The van der Waals surface area contributed by atoms with Crippen LogP contribution in [0.4, 0.5) is 0 Å². The van der Waals surface area contributed by atoms with E-state index in [1.165, 1.54) is 0 Å². The molecular formula is C7H5Br2NaO. The van der Waals surface area contributed by atoms with Gasteiger partial charge in [-0.3, -0.25) is 0 Å². The van der Waals surface area contributed by atoms with Gasteiger partial charge in [-0.05, 0) is 24.6 Å². The Balaban J connectivity index is 0.000001000. The summed E-state index contributed by atoms with van der Waals surface area (Å²) in [6, 6.07) is 3.60.